The van der Waals surface area contributed by atoms with Crippen LogP contribution in [0.5, 0.6) is 34.5 Å². The zero-order valence-electron chi connectivity index (χ0n) is 22.7. The van der Waals surface area contributed by atoms with Crippen LogP contribution in [0.3, 0.4) is 0 Å². The van der Waals surface area contributed by atoms with Gasteiger partial charge in [-0.25, -0.2) is 4.79 Å². The van der Waals surface area contributed by atoms with Gasteiger partial charge in [-0.1, -0.05) is 30.3 Å². The number of aliphatic hydroxyl groups is 1. The number of hydrogen-bond acceptors (Lipinski definition) is 9. The Labute approximate surface area is 227 Å². The van der Waals surface area contributed by atoms with Crippen LogP contribution in [0.1, 0.15) is 16.7 Å². The van der Waals surface area contributed by atoms with Gasteiger partial charge in [-0.3, -0.25) is 0 Å². The van der Waals surface area contributed by atoms with Crippen molar-refractivity contribution >= 4 is 5.97 Å². The molecule has 3 aromatic carbocycles. The third kappa shape index (κ3) is 4.36. The first-order chi connectivity index (χ1) is 18.9. The molecule has 1 saturated heterocycles. The van der Waals surface area contributed by atoms with E-state index in [1.165, 1.54) is 14.2 Å². The zero-order chi connectivity index (χ0) is 27.7. The summed E-state index contributed by atoms with van der Waals surface area (Å²) >= 11 is 0. The minimum atomic E-state index is -1.74. The van der Waals surface area contributed by atoms with Crippen molar-refractivity contribution in [2.24, 2.45) is 5.92 Å². The van der Waals surface area contributed by atoms with Crippen LogP contribution in [-0.4, -0.2) is 58.8 Å². The number of benzene rings is 3. The van der Waals surface area contributed by atoms with Gasteiger partial charge in [0.25, 0.3) is 0 Å². The van der Waals surface area contributed by atoms with Crippen molar-refractivity contribution in [3.63, 3.8) is 0 Å². The maximum Gasteiger partial charge on any atom is 0.338 e. The van der Waals surface area contributed by atoms with E-state index < -0.39 is 17.5 Å². The quantitative estimate of drug-likeness (QED) is 0.429. The van der Waals surface area contributed by atoms with Crippen molar-refractivity contribution in [2.45, 2.75) is 25.0 Å². The fourth-order valence-corrected chi connectivity index (χ4v) is 5.54. The minimum Gasteiger partial charge on any atom is -0.493 e. The summed E-state index contributed by atoms with van der Waals surface area (Å²) in [5.41, 5.74) is 1.88. The molecule has 0 unspecified atom stereocenters. The van der Waals surface area contributed by atoms with Gasteiger partial charge in [0.15, 0.2) is 28.6 Å². The van der Waals surface area contributed by atoms with Crippen molar-refractivity contribution in [3.05, 3.63) is 59.2 Å². The van der Waals surface area contributed by atoms with Crippen LogP contribution in [0.2, 0.25) is 0 Å². The molecule has 2 atom stereocenters. The largest absolute Gasteiger partial charge is 0.493 e. The predicted octanol–water partition coefficient (Wildman–Crippen LogP) is 3.98. The Hall–Kier alpha value is -4.11. The summed E-state index contributed by atoms with van der Waals surface area (Å²) in [5.74, 6) is 1.29. The summed E-state index contributed by atoms with van der Waals surface area (Å²) < 4.78 is 40.6. The monoisotopic (exact) mass is 536 g/mol. The summed E-state index contributed by atoms with van der Waals surface area (Å²) in [6.45, 7) is 0.355. The SMILES string of the molecule is COc1cc2c(c(OC)c1OC)-c1c(cc(OC)c(OCc3ccccc3)c1OC)C[C@@]1(O)C(=O)OC[C@H]1C2. The van der Waals surface area contributed by atoms with E-state index >= 15 is 0 Å². The summed E-state index contributed by atoms with van der Waals surface area (Å²) in [5, 5.41) is 11.7. The van der Waals surface area contributed by atoms with Gasteiger partial charge in [-0.05, 0) is 35.2 Å². The van der Waals surface area contributed by atoms with Crippen LogP contribution in [-0.2, 0) is 29.0 Å². The average molecular weight is 537 g/mol. The molecule has 0 spiro atoms. The van der Waals surface area contributed by atoms with Crippen LogP contribution < -0.4 is 28.4 Å². The van der Waals surface area contributed by atoms with E-state index in [1.807, 2.05) is 36.4 Å². The van der Waals surface area contributed by atoms with Crippen LogP contribution >= 0.6 is 0 Å². The Morgan fingerprint density at radius 1 is 0.821 bits per heavy atom. The standard InChI is InChI=1S/C30H32O9/c1-33-21-12-18-11-20-16-39-29(31)30(20,32)14-19-13-22(34-2)26(38-15-17-9-7-6-8-10-17)28(37-5)24(19)23(18)27(36-4)25(21)35-3/h6-10,12-13,20,32H,11,14-16H2,1-5H3/t20-,30+/m1/s1. The molecule has 1 aliphatic heterocycles. The average Bonchev–Trinajstić information content (AvgIpc) is 3.22. The lowest BCUT2D eigenvalue weighted by atomic mass is 9.74. The molecule has 0 radical (unpaired) electrons. The molecule has 1 N–H and O–H groups in total. The second kappa shape index (κ2) is 10.6. The lowest BCUT2D eigenvalue weighted by Crippen LogP contribution is -2.44. The van der Waals surface area contributed by atoms with Crippen molar-refractivity contribution in [2.75, 3.05) is 42.2 Å². The van der Waals surface area contributed by atoms with Crippen molar-refractivity contribution < 1.29 is 43.1 Å². The Balaban J connectivity index is 1.82. The molecule has 9 heteroatoms. The lowest BCUT2D eigenvalue weighted by molar-refractivity contribution is -0.154. The molecule has 0 bridgehead atoms. The van der Waals surface area contributed by atoms with Gasteiger partial charge in [-0.2, -0.15) is 0 Å². The maximum absolute atomic E-state index is 12.9. The van der Waals surface area contributed by atoms with Crippen molar-refractivity contribution in [1.82, 2.24) is 0 Å². The topological polar surface area (TPSA) is 102 Å². The van der Waals surface area contributed by atoms with Gasteiger partial charge >= 0.3 is 5.97 Å². The Bertz CT molecular complexity index is 1390. The Kier molecular flexibility index (Phi) is 7.18. The molecule has 2 aliphatic rings. The second-order valence-corrected chi connectivity index (χ2v) is 9.53. The fourth-order valence-electron chi connectivity index (χ4n) is 5.54. The molecule has 206 valence electrons. The summed E-state index contributed by atoms with van der Waals surface area (Å²) in [6.07, 6.45) is 0.303. The number of fused-ring (bicyclic) bond motifs is 4. The van der Waals surface area contributed by atoms with Gasteiger partial charge in [0, 0.05) is 23.5 Å². The molecule has 5 rings (SSSR count). The maximum atomic E-state index is 12.9. The van der Waals surface area contributed by atoms with Crippen molar-refractivity contribution in [1.29, 1.82) is 0 Å². The molecule has 39 heavy (non-hydrogen) atoms. The third-order valence-corrected chi connectivity index (χ3v) is 7.47. The van der Waals surface area contributed by atoms with E-state index in [0.717, 1.165) is 11.1 Å². The van der Waals surface area contributed by atoms with E-state index in [0.29, 0.717) is 57.6 Å². The molecule has 3 aromatic rings. The zero-order valence-corrected chi connectivity index (χ0v) is 22.7. The first-order valence-corrected chi connectivity index (χ1v) is 12.6. The van der Waals surface area contributed by atoms with E-state index in [4.69, 9.17) is 33.2 Å². The highest BCUT2D eigenvalue weighted by Gasteiger charge is 2.53. The molecule has 0 amide bonds. The number of cyclic esters (lactones) is 1. The Morgan fingerprint density at radius 3 is 2.05 bits per heavy atom. The van der Waals surface area contributed by atoms with Gasteiger partial charge < -0.3 is 38.3 Å². The molecule has 9 nitrogen and oxygen atoms in total. The first-order valence-electron chi connectivity index (χ1n) is 12.6. The van der Waals surface area contributed by atoms with Crippen LogP contribution in [0.15, 0.2) is 42.5 Å². The van der Waals surface area contributed by atoms with Gasteiger partial charge in [0.1, 0.15) is 6.61 Å². The number of rotatable bonds is 8. The smallest absolute Gasteiger partial charge is 0.338 e. The normalized spacial score (nSPS) is 19.4. The predicted molar refractivity (Wildman–Crippen MR) is 142 cm³/mol. The highest BCUT2D eigenvalue weighted by molar-refractivity contribution is 5.90. The van der Waals surface area contributed by atoms with Gasteiger partial charge in [0.05, 0.1) is 42.2 Å². The molecule has 1 aliphatic carbocycles. The summed E-state index contributed by atoms with van der Waals surface area (Å²) in [4.78, 5) is 12.9. The van der Waals surface area contributed by atoms with Gasteiger partial charge in [0.2, 0.25) is 11.5 Å². The number of ether oxygens (including phenoxy) is 7. The number of carbonyl (C=O) groups is 1. The second-order valence-electron chi connectivity index (χ2n) is 9.53. The van der Waals surface area contributed by atoms with E-state index in [-0.39, 0.29) is 19.6 Å². The number of esters is 1. The van der Waals surface area contributed by atoms with E-state index in [2.05, 4.69) is 0 Å². The van der Waals surface area contributed by atoms with Gasteiger partial charge in [-0.15, -0.1) is 0 Å². The van der Waals surface area contributed by atoms with Crippen LogP contribution in [0.4, 0.5) is 0 Å². The molecular formula is C30H32O9. The highest BCUT2D eigenvalue weighted by atomic mass is 16.6. The molecular weight excluding hydrogens is 504 g/mol. The van der Waals surface area contributed by atoms with Crippen LogP contribution in [0, 0.1) is 5.92 Å². The molecule has 0 saturated carbocycles. The first kappa shape index (κ1) is 26.5. The van der Waals surface area contributed by atoms with Crippen molar-refractivity contribution in [3.8, 4) is 45.6 Å². The molecule has 0 aromatic heterocycles. The molecule has 1 heterocycles. The molecule has 1 fully saturated rings. The minimum absolute atomic E-state index is 0.0194. The van der Waals surface area contributed by atoms with E-state index in [9.17, 15) is 9.90 Å². The highest BCUT2D eigenvalue weighted by Crippen LogP contribution is 2.56. The lowest BCUT2D eigenvalue weighted by Gasteiger charge is -2.32. The Morgan fingerprint density at radius 2 is 1.41 bits per heavy atom. The fraction of sp³-hybridized carbons (Fsp3) is 0.367. The van der Waals surface area contributed by atoms with E-state index in [1.54, 1.807) is 27.4 Å². The summed E-state index contributed by atoms with van der Waals surface area (Å²) in [6, 6.07) is 13.3. The summed E-state index contributed by atoms with van der Waals surface area (Å²) in [7, 11) is 7.70. The number of carbonyl (C=O) groups excluding carboxylic acids is 1. The van der Waals surface area contributed by atoms with Crippen LogP contribution in [0.25, 0.3) is 11.1 Å². The number of methoxy groups -OCH3 is 5. The number of hydrogen-bond donors (Lipinski definition) is 1. The third-order valence-electron chi connectivity index (χ3n) is 7.47.